The zero-order valence-electron chi connectivity index (χ0n) is 5.09. The SMILES string of the molecule is Fc1[c-]c(F)c(F)cc1F.[U]. The van der Waals surface area contributed by atoms with Crippen LogP contribution in [0.25, 0.3) is 0 Å². The molecule has 0 heterocycles. The molecule has 0 aliphatic rings. The zero-order chi connectivity index (χ0) is 7.72. The zero-order valence-corrected chi connectivity index (χ0v) is 9.25. The van der Waals surface area contributed by atoms with Crippen LogP contribution in [0.3, 0.4) is 0 Å². The maximum atomic E-state index is 11.9. The second-order valence-corrected chi connectivity index (χ2v) is 1.59. The molecule has 1 aromatic rings. The van der Waals surface area contributed by atoms with Crippen molar-refractivity contribution in [1.29, 1.82) is 0 Å². The Labute approximate surface area is 84.0 Å². The second kappa shape index (κ2) is 4.13. The van der Waals surface area contributed by atoms with Gasteiger partial charge in [-0.15, -0.1) is 6.07 Å². The molecule has 0 aliphatic heterocycles. The Balaban J connectivity index is 0.000001000. The number of benzene rings is 1. The number of halogens is 4. The van der Waals surface area contributed by atoms with Gasteiger partial charge in [-0.1, -0.05) is 6.07 Å². The van der Waals surface area contributed by atoms with Gasteiger partial charge in [-0.05, 0) is 0 Å². The largest absolute Gasteiger partial charge is 0.281 e. The van der Waals surface area contributed by atoms with Gasteiger partial charge in [0, 0.05) is 54.4 Å². The monoisotopic (exact) mass is 387 g/mol. The van der Waals surface area contributed by atoms with Crippen LogP contribution in [0.1, 0.15) is 0 Å². The topological polar surface area (TPSA) is 0 Å². The molecular weight excluding hydrogens is 386 g/mol. The van der Waals surface area contributed by atoms with E-state index in [1.807, 2.05) is 0 Å². The minimum Gasteiger partial charge on any atom is -0.281 e. The first-order valence-electron chi connectivity index (χ1n) is 2.33. The first-order chi connectivity index (χ1) is 4.61. The van der Waals surface area contributed by atoms with Crippen LogP contribution in [0.2, 0.25) is 0 Å². The molecule has 0 unspecified atom stereocenters. The molecule has 0 amide bonds. The first kappa shape index (κ1) is 11.0. The summed E-state index contributed by atoms with van der Waals surface area (Å²) in [6.45, 7) is 0. The van der Waals surface area contributed by atoms with E-state index in [9.17, 15) is 17.6 Å². The number of hydrogen-bond donors (Lipinski definition) is 0. The van der Waals surface area contributed by atoms with Gasteiger partial charge in [-0.25, -0.2) is 8.78 Å². The van der Waals surface area contributed by atoms with Gasteiger partial charge in [0.25, 0.3) is 0 Å². The number of hydrogen-bond acceptors (Lipinski definition) is 0. The Bertz CT molecular complexity index is 211. The molecule has 0 nitrogen and oxygen atoms in total. The van der Waals surface area contributed by atoms with Gasteiger partial charge in [0.05, 0.1) is 0 Å². The smallest absolute Gasteiger partial charge is 0.0481 e. The molecule has 1 rings (SSSR count). The van der Waals surface area contributed by atoms with Crippen LogP contribution >= 0.6 is 0 Å². The van der Waals surface area contributed by atoms with Crippen LogP contribution in [0.15, 0.2) is 6.07 Å². The molecule has 1 aromatic carbocycles. The molecule has 0 aromatic heterocycles. The van der Waals surface area contributed by atoms with E-state index >= 15 is 0 Å². The van der Waals surface area contributed by atoms with E-state index in [1.54, 1.807) is 0 Å². The molecule has 0 saturated heterocycles. The molecule has 0 aliphatic carbocycles. The summed E-state index contributed by atoms with van der Waals surface area (Å²) in [5.41, 5.74) is 0. The van der Waals surface area contributed by atoms with Crippen LogP contribution in [0, 0.1) is 60.4 Å². The summed E-state index contributed by atoms with van der Waals surface area (Å²) in [4.78, 5) is 0. The van der Waals surface area contributed by atoms with Crippen molar-refractivity contribution < 1.29 is 48.7 Å². The third kappa shape index (κ3) is 2.50. The molecule has 0 fully saturated rings. The Kier molecular flexibility index (Phi) is 4.12. The third-order valence-corrected chi connectivity index (χ3v) is 0.892. The van der Waals surface area contributed by atoms with E-state index in [1.165, 1.54) is 6.07 Å². The van der Waals surface area contributed by atoms with Gasteiger partial charge in [-0.2, -0.15) is 0 Å². The van der Waals surface area contributed by atoms with E-state index in [0.29, 0.717) is 0 Å². The third-order valence-electron chi connectivity index (χ3n) is 0.892. The summed E-state index contributed by atoms with van der Waals surface area (Å²) in [5.74, 6) is -5.92. The summed E-state index contributed by atoms with van der Waals surface area (Å²) in [5, 5.41) is 0. The summed E-state index contributed by atoms with van der Waals surface area (Å²) < 4.78 is 47.7. The molecule has 11 heavy (non-hydrogen) atoms. The van der Waals surface area contributed by atoms with Crippen LogP contribution < -0.4 is 0 Å². The Morgan fingerprint density at radius 3 is 1.55 bits per heavy atom. The van der Waals surface area contributed by atoms with Crippen molar-refractivity contribution in [1.82, 2.24) is 0 Å². The van der Waals surface area contributed by atoms with Gasteiger partial charge in [0.1, 0.15) is 0 Å². The molecule has 0 radical (unpaired) electrons. The fourth-order valence-corrected chi connectivity index (χ4v) is 0.454. The van der Waals surface area contributed by atoms with Gasteiger partial charge in [-0.3, -0.25) is 8.78 Å². The Hall–Kier alpha value is -0.00805. The normalized spacial score (nSPS) is 9.09. The second-order valence-electron chi connectivity index (χ2n) is 1.59. The molecule has 5 heteroatoms. The maximum absolute atomic E-state index is 11.9. The molecule has 0 N–H and O–H groups in total. The predicted octanol–water partition coefficient (Wildman–Crippen LogP) is 2.04. The van der Waals surface area contributed by atoms with E-state index in [-0.39, 0.29) is 37.2 Å². The van der Waals surface area contributed by atoms with E-state index in [0.717, 1.165) is 0 Å². The van der Waals surface area contributed by atoms with E-state index in [4.69, 9.17) is 0 Å². The van der Waals surface area contributed by atoms with Crippen LogP contribution in [-0.2, 0) is 0 Å². The fourth-order valence-electron chi connectivity index (χ4n) is 0.454. The van der Waals surface area contributed by atoms with Crippen molar-refractivity contribution >= 4 is 0 Å². The molecule has 0 saturated carbocycles. The van der Waals surface area contributed by atoms with Gasteiger partial charge < -0.3 is 0 Å². The average Bonchev–Trinajstić information content (AvgIpc) is 1.84. The first-order valence-corrected chi connectivity index (χ1v) is 2.33. The minimum absolute atomic E-state index is 0. The van der Waals surface area contributed by atoms with E-state index in [2.05, 4.69) is 0 Å². The molecule has 0 atom stereocenters. The Morgan fingerprint density at radius 1 is 0.909 bits per heavy atom. The molecule has 0 spiro atoms. The van der Waals surface area contributed by atoms with Crippen molar-refractivity contribution in [3.63, 3.8) is 0 Å². The van der Waals surface area contributed by atoms with Crippen LogP contribution in [-0.4, -0.2) is 0 Å². The summed E-state index contributed by atoms with van der Waals surface area (Å²) in [7, 11) is 0. The van der Waals surface area contributed by atoms with E-state index < -0.39 is 23.3 Å². The van der Waals surface area contributed by atoms with Crippen molar-refractivity contribution in [3.05, 3.63) is 35.4 Å². The van der Waals surface area contributed by atoms with Crippen molar-refractivity contribution in [2.24, 2.45) is 0 Å². The predicted molar refractivity (Wildman–Crippen MR) is 25.1 cm³/mol. The summed E-state index contributed by atoms with van der Waals surface area (Å²) >= 11 is 0. The number of rotatable bonds is 0. The fraction of sp³-hybridized carbons (Fsp3) is 0. The minimum atomic E-state index is -1.51. The van der Waals surface area contributed by atoms with Crippen LogP contribution in [0.4, 0.5) is 17.6 Å². The quantitative estimate of drug-likeness (QED) is 0.363. The molecular formula is C6HF4U-. The van der Waals surface area contributed by atoms with Gasteiger partial charge in [0.2, 0.25) is 0 Å². The Morgan fingerprint density at radius 2 is 1.27 bits per heavy atom. The standard InChI is InChI=1S/C6HF4.U/c7-3-1-4(8)6(10)2-5(3)9;/h1H;/q-1;. The average molecular weight is 387 g/mol. The van der Waals surface area contributed by atoms with Crippen molar-refractivity contribution in [3.8, 4) is 0 Å². The van der Waals surface area contributed by atoms with Crippen LogP contribution in [0.5, 0.6) is 0 Å². The van der Waals surface area contributed by atoms with Gasteiger partial charge in [0.15, 0.2) is 0 Å². The molecule has 0 bridgehead atoms. The maximum Gasteiger partial charge on any atom is 0.0481 e. The summed E-state index contributed by atoms with van der Waals surface area (Å²) in [6, 6.07) is 1.35. The van der Waals surface area contributed by atoms with Gasteiger partial charge >= 0.3 is 0 Å². The van der Waals surface area contributed by atoms with Crippen molar-refractivity contribution in [2.75, 3.05) is 0 Å². The molecule has 58 valence electrons. The van der Waals surface area contributed by atoms with Crippen molar-refractivity contribution in [2.45, 2.75) is 0 Å². The summed E-state index contributed by atoms with van der Waals surface area (Å²) in [6.07, 6.45) is 0.